The van der Waals surface area contributed by atoms with Crippen molar-refractivity contribution in [3.8, 4) is 12.3 Å². The molecule has 0 radical (unpaired) electrons. The highest BCUT2D eigenvalue weighted by molar-refractivity contribution is 5.67. The summed E-state index contributed by atoms with van der Waals surface area (Å²) in [5, 5.41) is 11.7. The molecule has 13 heavy (non-hydrogen) atoms. The van der Waals surface area contributed by atoms with Crippen molar-refractivity contribution < 1.29 is 9.90 Å². The van der Waals surface area contributed by atoms with E-state index in [-0.39, 0.29) is 18.5 Å². The average molecular weight is 183 g/mol. The van der Waals surface area contributed by atoms with Crippen molar-refractivity contribution in [2.45, 2.75) is 45.2 Å². The third-order valence-electron chi connectivity index (χ3n) is 1.86. The monoisotopic (exact) mass is 183 g/mol. The molecule has 0 heterocycles. The van der Waals surface area contributed by atoms with Gasteiger partial charge in [0.1, 0.15) is 0 Å². The van der Waals surface area contributed by atoms with E-state index in [1.54, 1.807) is 0 Å². The maximum absolute atomic E-state index is 10.4. The van der Waals surface area contributed by atoms with Gasteiger partial charge in [-0.15, -0.1) is 12.3 Å². The number of aliphatic carboxylic acids is 1. The van der Waals surface area contributed by atoms with Gasteiger partial charge < -0.3 is 10.4 Å². The highest BCUT2D eigenvalue weighted by atomic mass is 16.4. The first-order valence-electron chi connectivity index (χ1n) is 4.51. The summed E-state index contributed by atoms with van der Waals surface area (Å²) in [5.41, 5.74) is 0. The van der Waals surface area contributed by atoms with Crippen LogP contribution in [0, 0.1) is 12.3 Å². The topological polar surface area (TPSA) is 49.3 Å². The van der Waals surface area contributed by atoms with Gasteiger partial charge in [-0.3, -0.25) is 4.79 Å². The zero-order valence-corrected chi connectivity index (χ0v) is 8.21. The Morgan fingerprint density at radius 1 is 1.69 bits per heavy atom. The fourth-order valence-electron chi connectivity index (χ4n) is 1.19. The van der Waals surface area contributed by atoms with Crippen LogP contribution in [0.3, 0.4) is 0 Å². The van der Waals surface area contributed by atoms with Crippen LogP contribution in [0.4, 0.5) is 0 Å². The Hall–Kier alpha value is -1.01. The van der Waals surface area contributed by atoms with E-state index in [9.17, 15) is 4.79 Å². The molecule has 0 aromatic rings. The van der Waals surface area contributed by atoms with E-state index >= 15 is 0 Å². The quantitative estimate of drug-likeness (QED) is 0.609. The van der Waals surface area contributed by atoms with Crippen LogP contribution < -0.4 is 5.32 Å². The number of rotatable bonds is 6. The largest absolute Gasteiger partial charge is 0.481 e. The third kappa shape index (κ3) is 6.18. The zero-order valence-electron chi connectivity index (χ0n) is 8.21. The van der Waals surface area contributed by atoms with Gasteiger partial charge in [0.25, 0.3) is 0 Å². The van der Waals surface area contributed by atoms with Gasteiger partial charge in [-0.1, -0.05) is 6.92 Å². The average Bonchev–Trinajstić information content (AvgIpc) is 2.02. The second kappa shape index (κ2) is 6.50. The number of terminal acetylenes is 1. The molecule has 0 aliphatic carbocycles. The van der Waals surface area contributed by atoms with Gasteiger partial charge in [-0.05, 0) is 13.3 Å². The molecule has 0 fully saturated rings. The molecule has 0 aliphatic heterocycles. The van der Waals surface area contributed by atoms with E-state index in [1.807, 2.05) is 13.8 Å². The number of carbonyl (C=O) groups is 1. The molecule has 0 bridgehead atoms. The minimum atomic E-state index is -0.782. The molecule has 2 N–H and O–H groups in total. The molecule has 0 saturated carbocycles. The van der Waals surface area contributed by atoms with Crippen LogP contribution in [0.2, 0.25) is 0 Å². The van der Waals surface area contributed by atoms with E-state index < -0.39 is 5.97 Å². The van der Waals surface area contributed by atoms with Crippen LogP contribution in [0.1, 0.15) is 33.1 Å². The molecule has 0 rings (SSSR count). The van der Waals surface area contributed by atoms with Crippen molar-refractivity contribution in [1.29, 1.82) is 0 Å². The lowest BCUT2D eigenvalue weighted by molar-refractivity contribution is -0.137. The molecule has 0 aromatic heterocycles. The van der Waals surface area contributed by atoms with E-state index in [0.29, 0.717) is 6.42 Å². The predicted octanol–water partition coefficient (Wildman–Crippen LogP) is 1.24. The van der Waals surface area contributed by atoms with E-state index in [0.717, 1.165) is 6.42 Å². The van der Waals surface area contributed by atoms with Crippen LogP contribution >= 0.6 is 0 Å². The van der Waals surface area contributed by atoms with E-state index in [2.05, 4.69) is 11.2 Å². The first kappa shape index (κ1) is 12.0. The normalized spacial score (nSPS) is 14.5. The van der Waals surface area contributed by atoms with Crippen molar-refractivity contribution in [3.63, 3.8) is 0 Å². The first-order chi connectivity index (χ1) is 6.10. The Labute approximate surface area is 79.5 Å². The minimum absolute atomic E-state index is 0.0178. The molecule has 0 amide bonds. The van der Waals surface area contributed by atoms with Crippen LogP contribution in [0.25, 0.3) is 0 Å². The maximum Gasteiger partial charge on any atom is 0.304 e. The lowest BCUT2D eigenvalue weighted by atomic mass is 10.1. The van der Waals surface area contributed by atoms with Gasteiger partial charge in [0, 0.05) is 18.5 Å². The summed E-state index contributed by atoms with van der Waals surface area (Å²) >= 11 is 0. The molecule has 3 heteroatoms. The van der Waals surface area contributed by atoms with Crippen molar-refractivity contribution >= 4 is 5.97 Å². The molecule has 0 saturated heterocycles. The Balaban J connectivity index is 3.80. The van der Waals surface area contributed by atoms with Crippen molar-refractivity contribution in [2.75, 3.05) is 0 Å². The Bertz CT molecular complexity index is 196. The van der Waals surface area contributed by atoms with Crippen molar-refractivity contribution in [2.24, 2.45) is 0 Å². The second-order valence-electron chi connectivity index (χ2n) is 3.18. The van der Waals surface area contributed by atoms with Crippen LogP contribution in [0.15, 0.2) is 0 Å². The first-order valence-corrected chi connectivity index (χ1v) is 4.51. The molecular weight excluding hydrogens is 166 g/mol. The fraction of sp³-hybridized carbons (Fsp3) is 0.700. The Kier molecular flexibility index (Phi) is 5.99. The van der Waals surface area contributed by atoms with Crippen molar-refractivity contribution in [3.05, 3.63) is 0 Å². The lowest BCUT2D eigenvalue weighted by Gasteiger charge is -2.18. The second-order valence-corrected chi connectivity index (χ2v) is 3.18. The van der Waals surface area contributed by atoms with E-state index in [4.69, 9.17) is 11.5 Å². The molecule has 2 atom stereocenters. The SMILES string of the molecule is C#CCC(CC)NC(C)CC(=O)O. The Morgan fingerprint density at radius 3 is 2.69 bits per heavy atom. The minimum Gasteiger partial charge on any atom is -0.481 e. The Morgan fingerprint density at radius 2 is 2.31 bits per heavy atom. The number of hydrogen-bond acceptors (Lipinski definition) is 2. The van der Waals surface area contributed by atoms with Gasteiger partial charge in [-0.2, -0.15) is 0 Å². The van der Waals surface area contributed by atoms with Crippen LogP contribution in [0.5, 0.6) is 0 Å². The lowest BCUT2D eigenvalue weighted by Crippen LogP contribution is -2.37. The molecule has 2 unspecified atom stereocenters. The van der Waals surface area contributed by atoms with Gasteiger partial charge in [0.05, 0.1) is 6.42 Å². The maximum atomic E-state index is 10.4. The summed E-state index contributed by atoms with van der Waals surface area (Å²) in [5.74, 6) is 1.79. The van der Waals surface area contributed by atoms with Gasteiger partial charge >= 0.3 is 5.97 Å². The summed E-state index contributed by atoms with van der Waals surface area (Å²) < 4.78 is 0. The summed E-state index contributed by atoms with van der Waals surface area (Å²) in [4.78, 5) is 10.4. The summed E-state index contributed by atoms with van der Waals surface area (Å²) in [6.45, 7) is 3.88. The van der Waals surface area contributed by atoms with Gasteiger partial charge in [0.15, 0.2) is 0 Å². The number of hydrogen-bond donors (Lipinski definition) is 2. The van der Waals surface area contributed by atoms with Crippen LogP contribution in [-0.2, 0) is 4.79 Å². The van der Waals surface area contributed by atoms with Gasteiger partial charge in [0.2, 0.25) is 0 Å². The van der Waals surface area contributed by atoms with Crippen molar-refractivity contribution in [1.82, 2.24) is 5.32 Å². The zero-order chi connectivity index (χ0) is 10.3. The highest BCUT2D eigenvalue weighted by Gasteiger charge is 2.11. The van der Waals surface area contributed by atoms with Gasteiger partial charge in [-0.25, -0.2) is 0 Å². The standard InChI is InChI=1S/C10H17NO2/c1-4-6-9(5-2)11-8(3)7-10(12)13/h1,8-9,11H,5-7H2,2-3H3,(H,12,13). The molecule has 0 aliphatic rings. The number of carboxylic acid groups (broad SMARTS) is 1. The van der Waals surface area contributed by atoms with Crippen LogP contribution in [-0.4, -0.2) is 23.2 Å². The summed E-state index contributed by atoms with van der Waals surface area (Å²) in [6.07, 6.45) is 6.89. The van der Waals surface area contributed by atoms with E-state index in [1.165, 1.54) is 0 Å². The smallest absolute Gasteiger partial charge is 0.304 e. The molecule has 74 valence electrons. The molecule has 0 spiro atoms. The summed E-state index contributed by atoms with van der Waals surface area (Å²) in [7, 11) is 0. The third-order valence-corrected chi connectivity index (χ3v) is 1.86. The predicted molar refractivity (Wildman–Crippen MR) is 52.4 cm³/mol. The molecule has 3 nitrogen and oxygen atoms in total. The fourth-order valence-corrected chi connectivity index (χ4v) is 1.19. The number of carboxylic acids is 1. The number of nitrogens with one attached hydrogen (secondary N) is 1. The highest BCUT2D eigenvalue weighted by Crippen LogP contribution is 2.00. The summed E-state index contributed by atoms with van der Waals surface area (Å²) in [6, 6.07) is 0.218. The molecular formula is C10H17NO2. The molecule has 0 aromatic carbocycles.